The minimum absolute atomic E-state index is 0.281. The Morgan fingerprint density at radius 2 is 1.59 bits per heavy atom. The molecule has 2 saturated carbocycles. The van der Waals surface area contributed by atoms with E-state index in [0.717, 1.165) is 30.6 Å². The first-order chi connectivity index (χ1) is 13.2. The normalized spacial score (nSPS) is 29.3. The number of hydrogen-bond acceptors (Lipinski definition) is 1. The third kappa shape index (κ3) is 5.68. The molecular weight excluding hydrogens is 333 g/mol. The van der Waals surface area contributed by atoms with Gasteiger partial charge >= 0.3 is 0 Å². The lowest BCUT2D eigenvalue weighted by molar-refractivity contribution is 0.171. The Bertz CT molecular complexity index is 638. The summed E-state index contributed by atoms with van der Waals surface area (Å²) in [6.07, 6.45) is 15.2. The fourth-order valence-corrected chi connectivity index (χ4v) is 5.29. The molecule has 0 bridgehead atoms. The van der Waals surface area contributed by atoms with Gasteiger partial charge in [-0.2, -0.15) is 9.65 Å². The van der Waals surface area contributed by atoms with E-state index in [9.17, 15) is 4.39 Å². The summed E-state index contributed by atoms with van der Waals surface area (Å²) in [5.74, 6) is 2.10. The number of rotatable bonds is 6. The summed E-state index contributed by atoms with van der Waals surface area (Å²) in [5, 5.41) is 8.60. The standard InChI is InChI=1S/C25H34FN/c1-2-3-4-19-5-9-21(10-6-19)23-13-15-24(16-14-23)22-11-7-20(8-12-22)17-25(26)18-27/h5-6,9-10,17,20,22-24H,2-4,7-8,11-16H2,1H3/b25-17+/t20?,22?,23-,24-. The van der Waals surface area contributed by atoms with Crippen molar-refractivity contribution in [3.63, 3.8) is 0 Å². The highest BCUT2D eigenvalue weighted by Crippen LogP contribution is 2.44. The average molecular weight is 368 g/mol. The molecule has 2 aliphatic rings. The molecule has 1 aromatic rings. The Balaban J connectivity index is 1.45. The molecule has 2 heteroatoms. The van der Waals surface area contributed by atoms with E-state index in [1.165, 1.54) is 68.9 Å². The summed E-state index contributed by atoms with van der Waals surface area (Å²) in [4.78, 5) is 0. The number of unbranched alkanes of at least 4 members (excludes halogenated alkanes) is 1. The maximum atomic E-state index is 13.2. The van der Waals surface area contributed by atoms with E-state index in [1.807, 2.05) is 0 Å². The van der Waals surface area contributed by atoms with E-state index in [-0.39, 0.29) is 5.92 Å². The van der Waals surface area contributed by atoms with Gasteiger partial charge in [0, 0.05) is 0 Å². The Morgan fingerprint density at radius 1 is 1.00 bits per heavy atom. The lowest BCUT2D eigenvalue weighted by Gasteiger charge is -2.37. The summed E-state index contributed by atoms with van der Waals surface area (Å²) in [6, 6.07) is 11.0. The highest BCUT2D eigenvalue weighted by atomic mass is 19.1. The summed E-state index contributed by atoms with van der Waals surface area (Å²) >= 11 is 0. The number of aryl methyl sites for hydroxylation is 1. The van der Waals surface area contributed by atoms with Crippen LogP contribution in [0.1, 0.15) is 88.2 Å². The van der Waals surface area contributed by atoms with E-state index < -0.39 is 5.83 Å². The fraction of sp³-hybridized carbons (Fsp3) is 0.640. The van der Waals surface area contributed by atoms with Crippen molar-refractivity contribution in [2.75, 3.05) is 0 Å². The molecule has 0 unspecified atom stereocenters. The van der Waals surface area contributed by atoms with Crippen LogP contribution in [0.2, 0.25) is 0 Å². The molecule has 0 N–H and O–H groups in total. The van der Waals surface area contributed by atoms with Crippen molar-refractivity contribution in [3.8, 4) is 6.07 Å². The van der Waals surface area contributed by atoms with Crippen LogP contribution in [-0.2, 0) is 6.42 Å². The zero-order valence-corrected chi connectivity index (χ0v) is 16.8. The van der Waals surface area contributed by atoms with Crippen LogP contribution in [0.4, 0.5) is 4.39 Å². The van der Waals surface area contributed by atoms with Crippen molar-refractivity contribution in [1.29, 1.82) is 5.26 Å². The summed E-state index contributed by atoms with van der Waals surface area (Å²) in [7, 11) is 0. The molecule has 0 radical (unpaired) electrons. The van der Waals surface area contributed by atoms with Crippen LogP contribution in [0.5, 0.6) is 0 Å². The molecule has 1 nitrogen and oxygen atoms in total. The van der Waals surface area contributed by atoms with Crippen LogP contribution in [0.3, 0.4) is 0 Å². The second-order valence-corrected chi connectivity index (χ2v) is 8.76. The van der Waals surface area contributed by atoms with Crippen molar-refractivity contribution >= 4 is 0 Å². The van der Waals surface area contributed by atoms with Gasteiger partial charge in [0.25, 0.3) is 0 Å². The topological polar surface area (TPSA) is 23.8 Å². The first-order valence-electron chi connectivity index (χ1n) is 11.1. The second-order valence-electron chi connectivity index (χ2n) is 8.76. The van der Waals surface area contributed by atoms with Crippen molar-refractivity contribution in [2.45, 2.75) is 83.5 Å². The number of benzene rings is 1. The molecule has 0 atom stereocenters. The van der Waals surface area contributed by atoms with Gasteiger partial charge in [-0.1, -0.05) is 37.6 Å². The third-order valence-electron chi connectivity index (χ3n) is 7.01. The van der Waals surface area contributed by atoms with Gasteiger partial charge in [-0.15, -0.1) is 0 Å². The van der Waals surface area contributed by atoms with Crippen LogP contribution in [0.15, 0.2) is 36.2 Å². The first-order valence-corrected chi connectivity index (χ1v) is 11.1. The molecule has 27 heavy (non-hydrogen) atoms. The van der Waals surface area contributed by atoms with Gasteiger partial charge in [0.2, 0.25) is 0 Å². The van der Waals surface area contributed by atoms with Gasteiger partial charge in [0.05, 0.1) is 0 Å². The molecular formula is C25H34FN. The average Bonchev–Trinajstić information content (AvgIpc) is 2.73. The number of allylic oxidation sites excluding steroid dienone is 2. The number of hydrogen-bond donors (Lipinski definition) is 0. The third-order valence-corrected chi connectivity index (χ3v) is 7.01. The van der Waals surface area contributed by atoms with E-state index in [4.69, 9.17) is 5.26 Å². The zero-order chi connectivity index (χ0) is 19.1. The van der Waals surface area contributed by atoms with Crippen LogP contribution in [-0.4, -0.2) is 0 Å². The van der Waals surface area contributed by atoms with Crippen LogP contribution in [0.25, 0.3) is 0 Å². The summed E-state index contributed by atoms with van der Waals surface area (Å²) in [6.45, 7) is 2.25. The second kappa shape index (κ2) is 10.1. The van der Waals surface area contributed by atoms with E-state index in [1.54, 1.807) is 12.1 Å². The molecule has 0 aromatic heterocycles. The summed E-state index contributed by atoms with van der Waals surface area (Å²) in [5.41, 5.74) is 3.02. The largest absolute Gasteiger partial charge is 0.196 e. The maximum absolute atomic E-state index is 13.2. The summed E-state index contributed by atoms with van der Waals surface area (Å²) < 4.78 is 13.2. The molecule has 0 heterocycles. The molecule has 3 rings (SSSR count). The molecule has 2 fully saturated rings. The highest BCUT2D eigenvalue weighted by molar-refractivity contribution is 5.26. The fourth-order valence-electron chi connectivity index (χ4n) is 5.29. The van der Waals surface area contributed by atoms with Crippen molar-refractivity contribution < 1.29 is 4.39 Å². The monoisotopic (exact) mass is 367 g/mol. The SMILES string of the molecule is CCCCc1ccc([C@H]2CC[C@H](C3CCC(/C=C(/F)C#N)CC3)CC2)cc1. The molecule has 1 aromatic carbocycles. The maximum Gasteiger partial charge on any atom is 0.196 e. The van der Waals surface area contributed by atoms with Gasteiger partial charge < -0.3 is 0 Å². The zero-order valence-electron chi connectivity index (χ0n) is 16.8. The Morgan fingerprint density at radius 3 is 2.15 bits per heavy atom. The Hall–Kier alpha value is -1.62. The molecule has 146 valence electrons. The molecule has 0 aliphatic heterocycles. The molecule has 2 aliphatic carbocycles. The van der Waals surface area contributed by atoms with E-state index in [0.29, 0.717) is 0 Å². The Labute approximate surface area is 164 Å². The van der Waals surface area contributed by atoms with Gasteiger partial charge in [-0.3, -0.25) is 0 Å². The van der Waals surface area contributed by atoms with E-state index >= 15 is 0 Å². The van der Waals surface area contributed by atoms with Crippen LogP contribution in [0, 0.1) is 29.1 Å². The molecule has 0 spiro atoms. The minimum atomic E-state index is -0.598. The number of halogens is 1. The van der Waals surface area contributed by atoms with Gasteiger partial charge in [0.15, 0.2) is 5.83 Å². The lowest BCUT2D eigenvalue weighted by atomic mass is 9.68. The van der Waals surface area contributed by atoms with Gasteiger partial charge in [0.1, 0.15) is 6.07 Å². The highest BCUT2D eigenvalue weighted by Gasteiger charge is 2.31. The first kappa shape index (κ1) is 20.1. The van der Waals surface area contributed by atoms with Crippen LogP contribution < -0.4 is 0 Å². The molecule has 0 saturated heterocycles. The minimum Gasteiger partial charge on any atom is -0.195 e. The Kier molecular flexibility index (Phi) is 7.50. The van der Waals surface area contributed by atoms with Crippen LogP contribution >= 0.6 is 0 Å². The van der Waals surface area contributed by atoms with Crippen molar-refractivity contribution in [2.24, 2.45) is 17.8 Å². The predicted molar refractivity (Wildman–Crippen MR) is 110 cm³/mol. The van der Waals surface area contributed by atoms with Gasteiger partial charge in [-0.25, -0.2) is 0 Å². The van der Waals surface area contributed by atoms with Crippen molar-refractivity contribution in [1.82, 2.24) is 0 Å². The van der Waals surface area contributed by atoms with Gasteiger partial charge in [-0.05, 0) is 105 Å². The van der Waals surface area contributed by atoms with Crippen molar-refractivity contribution in [3.05, 3.63) is 47.3 Å². The predicted octanol–water partition coefficient (Wildman–Crippen LogP) is 7.49. The lowest BCUT2D eigenvalue weighted by Crippen LogP contribution is -2.25. The molecule has 0 amide bonds. The van der Waals surface area contributed by atoms with E-state index in [2.05, 4.69) is 31.2 Å². The number of nitriles is 1. The quantitative estimate of drug-likeness (QED) is 0.478. The smallest absolute Gasteiger partial charge is 0.195 e. The number of nitrogens with zero attached hydrogens (tertiary/aromatic N) is 1.